The minimum atomic E-state index is -3.90. The molecule has 0 aliphatic carbocycles. The maximum absolute atomic E-state index is 12.1. The van der Waals surface area contributed by atoms with Gasteiger partial charge in [-0.15, -0.1) is 0 Å². The molecule has 10 heteroatoms. The third-order valence-corrected chi connectivity index (χ3v) is 5.20. The Hall–Kier alpha value is -1.45. The van der Waals surface area contributed by atoms with Crippen molar-refractivity contribution in [2.24, 2.45) is 0 Å². The van der Waals surface area contributed by atoms with Crippen molar-refractivity contribution in [1.82, 2.24) is 15.0 Å². The van der Waals surface area contributed by atoms with Gasteiger partial charge in [-0.05, 0) is 19.9 Å². The number of H-pyrrole nitrogens is 1. The molecule has 0 spiro atoms. The van der Waals surface area contributed by atoms with Crippen molar-refractivity contribution < 1.29 is 8.42 Å². The number of sulfonamides is 1. The van der Waals surface area contributed by atoms with E-state index in [1.54, 1.807) is 6.92 Å². The highest BCUT2D eigenvalue weighted by Crippen LogP contribution is 2.19. The average Bonchev–Trinajstić information content (AvgIpc) is 2.56. The summed E-state index contributed by atoms with van der Waals surface area (Å²) < 4.78 is 26.2. The van der Waals surface area contributed by atoms with Gasteiger partial charge in [-0.2, -0.15) is 0 Å². The fraction of sp³-hybridized carbons (Fsp3) is 0.222. The molecule has 19 heavy (non-hydrogen) atoms. The number of hydrogen-bond donors (Lipinski definition) is 2. The summed E-state index contributed by atoms with van der Waals surface area (Å²) in [6.07, 6.45) is 0. The highest BCUT2D eigenvalue weighted by molar-refractivity contribution is 7.94. The number of anilines is 1. The van der Waals surface area contributed by atoms with Crippen LogP contribution in [0.25, 0.3) is 0 Å². The van der Waals surface area contributed by atoms with Gasteiger partial charge in [-0.3, -0.25) is 4.79 Å². The molecule has 0 aliphatic rings. The SMILES string of the molecule is Cc1cc(Cl)nc(NS(=O)(=O)c2sc(=O)[nH]c2C)n1. The molecule has 2 heterocycles. The topological polar surface area (TPSA) is 105 Å². The molecular weight excluding hydrogens is 312 g/mol. The lowest BCUT2D eigenvalue weighted by Crippen LogP contribution is -2.15. The summed E-state index contributed by atoms with van der Waals surface area (Å²) in [7, 11) is -3.90. The maximum Gasteiger partial charge on any atom is 0.306 e. The number of hydrogen-bond acceptors (Lipinski definition) is 6. The standard InChI is InChI=1S/C9H9ClN4O3S2/c1-4-3-6(10)13-8(11-4)14-19(16,17)7-5(2)12-9(15)18-7/h3H,1-2H3,(H,12,15)(H,11,13,14). The summed E-state index contributed by atoms with van der Waals surface area (Å²) in [6.45, 7) is 3.15. The van der Waals surface area contributed by atoms with Gasteiger partial charge in [0.2, 0.25) is 5.95 Å². The molecule has 0 unspecified atom stereocenters. The van der Waals surface area contributed by atoms with Crippen LogP contribution >= 0.6 is 22.9 Å². The molecule has 2 aromatic heterocycles. The second-order valence-electron chi connectivity index (χ2n) is 3.69. The monoisotopic (exact) mass is 320 g/mol. The number of thiazole rings is 1. The molecule has 102 valence electrons. The second-order valence-corrected chi connectivity index (χ2v) is 6.94. The molecule has 0 aliphatic heterocycles. The molecule has 0 saturated carbocycles. The lowest BCUT2D eigenvalue weighted by Gasteiger charge is -2.06. The quantitative estimate of drug-likeness (QED) is 0.829. The van der Waals surface area contributed by atoms with E-state index in [-0.39, 0.29) is 21.0 Å². The first-order valence-corrected chi connectivity index (χ1v) is 7.69. The highest BCUT2D eigenvalue weighted by Gasteiger charge is 2.22. The Labute approximate surface area is 117 Å². The number of nitrogens with one attached hydrogen (secondary N) is 2. The van der Waals surface area contributed by atoms with Crippen LogP contribution in [0, 0.1) is 13.8 Å². The average molecular weight is 321 g/mol. The summed E-state index contributed by atoms with van der Waals surface area (Å²) in [6, 6.07) is 1.50. The van der Waals surface area contributed by atoms with Crippen molar-refractivity contribution >= 4 is 38.9 Å². The molecule has 0 fully saturated rings. The first-order valence-electron chi connectivity index (χ1n) is 5.01. The van der Waals surface area contributed by atoms with Crippen LogP contribution in [0.1, 0.15) is 11.4 Å². The second kappa shape index (κ2) is 4.91. The number of halogens is 1. The third-order valence-electron chi connectivity index (χ3n) is 2.07. The van der Waals surface area contributed by atoms with Crippen LogP contribution in [-0.2, 0) is 10.0 Å². The van der Waals surface area contributed by atoms with Gasteiger partial charge in [-0.1, -0.05) is 22.9 Å². The molecule has 0 radical (unpaired) electrons. The van der Waals surface area contributed by atoms with Crippen LogP contribution in [0.5, 0.6) is 0 Å². The third kappa shape index (κ3) is 3.11. The first-order chi connectivity index (χ1) is 8.78. The van der Waals surface area contributed by atoms with Crippen LogP contribution < -0.4 is 9.60 Å². The Bertz CT molecular complexity index is 761. The Morgan fingerprint density at radius 1 is 1.37 bits per heavy atom. The minimum Gasteiger partial charge on any atom is -0.315 e. The van der Waals surface area contributed by atoms with E-state index in [1.807, 2.05) is 0 Å². The predicted molar refractivity (Wildman–Crippen MR) is 72.3 cm³/mol. The van der Waals surface area contributed by atoms with Crippen molar-refractivity contribution in [2.75, 3.05) is 4.72 Å². The summed E-state index contributed by atoms with van der Waals surface area (Å²) in [4.78, 5) is 20.8. The van der Waals surface area contributed by atoms with Crippen LogP contribution in [0.4, 0.5) is 5.95 Å². The van der Waals surface area contributed by atoms with E-state index in [0.29, 0.717) is 17.0 Å². The normalized spacial score (nSPS) is 11.5. The fourth-order valence-electron chi connectivity index (χ4n) is 1.39. The molecule has 0 aromatic carbocycles. The van der Waals surface area contributed by atoms with Crippen molar-refractivity contribution in [3.63, 3.8) is 0 Å². The minimum absolute atomic E-state index is 0.0984. The molecular formula is C9H9ClN4O3S2. The maximum atomic E-state index is 12.1. The van der Waals surface area contributed by atoms with Gasteiger partial charge in [0.25, 0.3) is 10.0 Å². The fourth-order valence-corrected chi connectivity index (χ4v) is 3.87. The zero-order valence-electron chi connectivity index (χ0n) is 9.89. The van der Waals surface area contributed by atoms with E-state index in [0.717, 1.165) is 0 Å². The van der Waals surface area contributed by atoms with Gasteiger partial charge in [-0.25, -0.2) is 23.1 Å². The molecule has 0 bridgehead atoms. The van der Waals surface area contributed by atoms with Crippen molar-refractivity contribution in [1.29, 1.82) is 0 Å². The van der Waals surface area contributed by atoms with E-state index in [9.17, 15) is 13.2 Å². The number of nitrogens with zero attached hydrogens (tertiary/aromatic N) is 2. The van der Waals surface area contributed by atoms with E-state index in [1.165, 1.54) is 13.0 Å². The van der Waals surface area contributed by atoms with Crippen molar-refractivity contribution in [3.8, 4) is 0 Å². The lowest BCUT2D eigenvalue weighted by atomic mass is 10.5. The number of rotatable bonds is 3. The van der Waals surface area contributed by atoms with Crippen LogP contribution in [0.2, 0.25) is 5.15 Å². The van der Waals surface area contributed by atoms with Crippen LogP contribution in [0.15, 0.2) is 15.1 Å². The molecule has 2 N–H and O–H groups in total. The van der Waals surface area contributed by atoms with E-state index in [2.05, 4.69) is 19.7 Å². The Morgan fingerprint density at radius 2 is 2.05 bits per heavy atom. The molecule has 2 rings (SSSR count). The van der Waals surface area contributed by atoms with Crippen molar-refractivity contribution in [3.05, 3.63) is 32.3 Å². The smallest absolute Gasteiger partial charge is 0.306 e. The van der Waals surface area contributed by atoms with Gasteiger partial charge in [0.05, 0.1) is 0 Å². The zero-order chi connectivity index (χ0) is 14.2. The van der Waals surface area contributed by atoms with Gasteiger partial charge < -0.3 is 4.98 Å². The number of aryl methyl sites for hydroxylation is 2. The molecule has 2 aromatic rings. The van der Waals surface area contributed by atoms with E-state index in [4.69, 9.17) is 11.6 Å². The van der Waals surface area contributed by atoms with E-state index >= 15 is 0 Å². The molecule has 7 nitrogen and oxygen atoms in total. The molecule has 0 amide bonds. The summed E-state index contributed by atoms with van der Waals surface area (Å²) in [5.74, 6) is -0.134. The predicted octanol–water partition coefficient (Wildman–Crippen LogP) is 1.30. The Morgan fingerprint density at radius 3 is 2.58 bits per heavy atom. The summed E-state index contributed by atoms with van der Waals surface area (Å²) in [5.41, 5.74) is 0.790. The Balaban J connectivity index is 2.42. The Kier molecular flexibility index (Phi) is 3.61. The van der Waals surface area contributed by atoms with Crippen molar-refractivity contribution in [2.45, 2.75) is 18.1 Å². The van der Waals surface area contributed by atoms with Crippen LogP contribution in [-0.4, -0.2) is 23.4 Å². The largest absolute Gasteiger partial charge is 0.315 e. The van der Waals surface area contributed by atoms with Gasteiger partial charge in [0.1, 0.15) is 5.15 Å². The van der Waals surface area contributed by atoms with Gasteiger partial charge in [0, 0.05) is 11.4 Å². The summed E-state index contributed by atoms with van der Waals surface area (Å²) in [5, 5.41) is 0.129. The highest BCUT2D eigenvalue weighted by atomic mass is 35.5. The lowest BCUT2D eigenvalue weighted by molar-refractivity contribution is 0.602. The van der Waals surface area contributed by atoms with E-state index < -0.39 is 14.9 Å². The zero-order valence-corrected chi connectivity index (χ0v) is 12.3. The number of aromatic amines is 1. The van der Waals surface area contributed by atoms with Gasteiger partial charge in [0.15, 0.2) is 4.21 Å². The summed E-state index contributed by atoms with van der Waals surface area (Å²) >= 11 is 6.32. The molecule has 0 saturated heterocycles. The van der Waals surface area contributed by atoms with Gasteiger partial charge >= 0.3 is 4.87 Å². The first kappa shape index (κ1) is 14.0. The number of aromatic nitrogens is 3. The van der Waals surface area contributed by atoms with Crippen LogP contribution in [0.3, 0.4) is 0 Å². The molecule has 0 atom stereocenters.